The lowest BCUT2D eigenvalue weighted by atomic mass is 9.86. The van der Waals surface area contributed by atoms with Crippen LogP contribution < -0.4 is 25.8 Å². The molecule has 0 unspecified atom stereocenters. The number of hydrogen-bond donors (Lipinski definition) is 3. The van der Waals surface area contributed by atoms with E-state index < -0.39 is 23.8 Å². The van der Waals surface area contributed by atoms with Gasteiger partial charge in [0.25, 0.3) is 11.8 Å². The number of carbonyl (C=O) groups excluding carboxylic acids is 5. The maximum Gasteiger partial charge on any atom is 0.262 e. The normalized spacial score (nSPS) is 22.3. The summed E-state index contributed by atoms with van der Waals surface area (Å²) in [6.45, 7) is 5.35. The molecule has 10 rings (SSSR count). The van der Waals surface area contributed by atoms with E-state index in [2.05, 4.69) is 74.4 Å². The molecular formula is C45H47N11O5. The van der Waals surface area contributed by atoms with Gasteiger partial charge < -0.3 is 25.0 Å². The summed E-state index contributed by atoms with van der Waals surface area (Å²) in [6.07, 6.45) is 7.80. The van der Waals surface area contributed by atoms with E-state index >= 15 is 0 Å². The van der Waals surface area contributed by atoms with Crippen LogP contribution in [-0.4, -0.2) is 116 Å². The number of amides is 5. The zero-order valence-corrected chi connectivity index (χ0v) is 33.7. The number of fused-ring (bicyclic) bond motifs is 2. The molecule has 0 radical (unpaired) electrons. The van der Waals surface area contributed by atoms with E-state index in [1.54, 1.807) is 18.5 Å². The highest BCUT2D eigenvalue weighted by molar-refractivity contribution is 6.23. The Hall–Kier alpha value is -6.68. The van der Waals surface area contributed by atoms with E-state index in [0.29, 0.717) is 34.9 Å². The number of carbonyl (C=O) groups is 5. The van der Waals surface area contributed by atoms with Gasteiger partial charge in [-0.3, -0.25) is 39.1 Å². The highest BCUT2D eigenvalue weighted by atomic mass is 16.2. The zero-order valence-electron chi connectivity index (χ0n) is 33.7. The molecule has 2 aromatic heterocycles. The molecule has 3 aromatic carbocycles. The molecule has 61 heavy (non-hydrogen) atoms. The Morgan fingerprint density at radius 2 is 1.46 bits per heavy atom. The predicted octanol–water partition coefficient (Wildman–Crippen LogP) is 3.82. The fourth-order valence-electron chi connectivity index (χ4n) is 9.59. The lowest BCUT2D eigenvalue weighted by Gasteiger charge is -2.44. The first-order valence-corrected chi connectivity index (χ1v) is 21.2. The molecule has 3 saturated heterocycles. The topological polar surface area (TPSA) is 178 Å². The van der Waals surface area contributed by atoms with Crippen molar-refractivity contribution in [1.29, 1.82) is 0 Å². The van der Waals surface area contributed by atoms with Crippen LogP contribution in [0.2, 0.25) is 0 Å². The molecule has 4 fully saturated rings. The molecule has 5 amide bonds. The number of piperazine rings is 1. The van der Waals surface area contributed by atoms with Crippen molar-refractivity contribution in [3.8, 4) is 0 Å². The van der Waals surface area contributed by atoms with Crippen molar-refractivity contribution >= 4 is 63.6 Å². The number of benzene rings is 3. The quantitative estimate of drug-likeness (QED) is 0.174. The monoisotopic (exact) mass is 821 g/mol. The molecule has 16 heteroatoms. The number of anilines is 4. The minimum absolute atomic E-state index is 0.0427. The predicted molar refractivity (Wildman–Crippen MR) is 228 cm³/mol. The van der Waals surface area contributed by atoms with E-state index in [1.807, 2.05) is 42.7 Å². The van der Waals surface area contributed by atoms with Crippen LogP contribution in [0.5, 0.6) is 0 Å². The summed E-state index contributed by atoms with van der Waals surface area (Å²) in [5, 5.41) is 8.87. The van der Waals surface area contributed by atoms with E-state index in [-0.39, 0.29) is 36.7 Å². The minimum Gasteiger partial charge on any atom is -0.371 e. The van der Waals surface area contributed by atoms with Gasteiger partial charge in [-0.25, -0.2) is 15.0 Å². The number of rotatable bonds is 10. The molecule has 6 heterocycles. The highest BCUT2D eigenvalue weighted by Gasteiger charge is 2.45. The van der Waals surface area contributed by atoms with Gasteiger partial charge in [0.15, 0.2) is 17.0 Å². The molecule has 16 nitrogen and oxygen atoms in total. The van der Waals surface area contributed by atoms with Crippen LogP contribution in [0.1, 0.15) is 70.8 Å². The van der Waals surface area contributed by atoms with Crippen molar-refractivity contribution in [3.05, 3.63) is 102 Å². The fraction of sp³-hybridized carbons (Fsp3) is 0.378. The van der Waals surface area contributed by atoms with Gasteiger partial charge in [0.05, 0.1) is 23.9 Å². The van der Waals surface area contributed by atoms with Crippen LogP contribution in [0.15, 0.2) is 85.5 Å². The largest absolute Gasteiger partial charge is 0.371 e. The van der Waals surface area contributed by atoms with Crippen LogP contribution in [0.3, 0.4) is 0 Å². The van der Waals surface area contributed by atoms with Crippen molar-refractivity contribution in [2.24, 2.45) is 0 Å². The van der Waals surface area contributed by atoms with Crippen molar-refractivity contribution in [2.45, 2.75) is 69.1 Å². The summed E-state index contributed by atoms with van der Waals surface area (Å²) in [6, 6.07) is 23.5. The third-order valence-electron chi connectivity index (χ3n) is 13.0. The summed E-state index contributed by atoms with van der Waals surface area (Å²) in [7, 11) is 0. The van der Waals surface area contributed by atoms with Gasteiger partial charge in [-0.05, 0) is 80.1 Å². The summed E-state index contributed by atoms with van der Waals surface area (Å²) in [5.41, 5.74) is 6.09. The summed E-state index contributed by atoms with van der Waals surface area (Å²) in [4.78, 5) is 85.3. The van der Waals surface area contributed by atoms with Crippen LogP contribution in [0, 0.1) is 0 Å². The van der Waals surface area contributed by atoms with E-state index in [4.69, 9.17) is 0 Å². The smallest absolute Gasteiger partial charge is 0.262 e. The van der Waals surface area contributed by atoms with E-state index in [9.17, 15) is 24.0 Å². The number of nitrogens with zero attached hydrogens (tertiary/aromatic N) is 8. The minimum atomic E-state index is -0.971. The molecule has 4 aliphatic heterocycles. The third-order valence-corrected chi connectivity index (χ3v) is 13.0. The van der Waals surface area contributed by atoms with Crippen molar-refractivity contribution in [3.63, 3.8) is 0 Å². The number of nitrogens with one attached hydrogen (secondary N) is 3. The van der Waals surface area contributed by atoms with Gasteiger partial charge in [-0.15, -0.1) is 0 Å². The van der Waals surface area contributed by atoms with Crippen LogP contribution in [-0.2, 0) is 20.8 Å². The van der Waals surface area contributed by atoms with Crippen LogP contribution in [0.4, 0.5) is 22.9 Å². The summed E-state index contributed by atoms with van der Waals surface area (Å²) in [5.74, 6) is -1.26. The van der Waals surface area contributed by atoms with Crippen LogP contribution >= 0.6 is 0 Å². The standard InChI is InChI=1S/C45H47N11O5/c57-38-13-12-37(43(59)51-38)56-44(60)35-11-10-33(25-36(35)45(56)61)54-20-18-53(19-21-54)32-14-16-52(17-15-32)31-8-6-29(7-9-31)50-41-40-42(47-26-46-41)55(27-48-40)34-23-30(24-34)49-39(58)22-28-4-2-1-3-5-28/h1-11,25-27,30,32,34,37H,12-24H2,(H,49,58)(H,46,47,50)(H,51,57,59)/t30?,34?,37-/m0/s1. The van der Waals surface area contributed by atoms with Gasteiger partial charge in [0, 0.05) is 80.9 Å². The molecule has 3 N–H and O–H groups in total. The second-order valence-electron chi connectivity index (χ2n) is 16.7. The Kier molecular flexibility index (Phi) is 10.1. The average molecular weight is 822 g/mol. The number of imidazole rings is 1. The fourth-order valence-corrected chi connectivity index (χ4v) is 9.59. The van der Waals surface area contributed by atoms with Gasteiger partial charge in [0.1, 0.15) is 12.4 Å². The number of imide groups is 2. The van der Waals surface area contributed by atoms with Crippen molar-refractivity contribution < 1.29 is 24.0 Å². The maximum atomic E-state index is 13.4. The summed E-state index contributed by atoms with van der Waals surface area (Å²) >= 11 is 0. The highest BCUT2D eigenvalue weighted by Crippen LogP contribution is 2.36. The molecular weight excluding hydrogens is 775 g/mol. The first-order chi connectivity index (χ1) is 29.8. The number of aromatic nitrogens is 4. The Morgan fingerprint density at radius 3 is 2.21 bits per heavy atom. The molecule has 1 aliphatic carbocycles. The van der Waals surface area contributed by atoms with Gasteiger partial charge >= 0.3 is 0 Å². The maximum absolute atomic E-state index is 13.4. The molecule has 0 spiro atoms. The number of hydrogen-bond acceptors (Lipinski definition) is 12. The van der Waals surface area contributed by atoms with Gasteiger partial charge in [0.2, 0.25) is 17.7 Å². The second-order valence-corrected chi connectivity index (χ2v) is 16.7. The molecule has 5 aliphatic rings. The first kappa shape index (κ1) is 38.5. The lowest BCUT2D eigenvalue weighted by molar-refractivity contribution is -0.136. The van der Waals surface area contributed by atoms with Crippen molar-refractivity contribution in [1.82, 2.24) is 40.0 Å². The molecule has 1 saturated carbocycles. The average Bonchev–Trinajstić information content (AvgIpc) is 3.80. The van der Waals surface area contributed by atoms with Gasteiger partial charge in [-0.1, -0.05) is 30.3 Å². The zero-order chi connectivity index (χ0) is 41.6. The lowest BCUT2D eigenvalue weighted by Crippen LogP contribution is -2.54. The van der Waals surface area contributed by atoms with Gasteiger partial charge in [-0.2, -0.15) is 0 Å². The summed E-state index contributed by atoms with van der Waals surface area (Å²) < 4.78 is 2.09. The third kappa shape index (κ3) is 7.56. The second kappa shape index (κ2) is 16.1. The first-order valence-electron chi connectivity index (χ1n) is 21.2. The van der Waals surface area contributed by atoms with E-state index in [0.717, 1.165) is 92.4 Å². The Morgan fingerprint density at radius 1 is 0.738 bits per heavy atom. The van der Waals surface area contributed by atoms with Crippen molar-refractivity contribution in [2.75, 3.05) is 54.4 Å². The Bertz CT molecular complexity index is 2510. The molecule has 312 valence electrons. The number of piperidine rings is 2. The van der Waals surface area contributed by atoms with E-state index in [1.165, 1.54) is 5.69 Å². The van der Waals surface area contributed by atoms with Crippen LogP contribution in [0.25, 0.3) is 11.2 Å². The SMILES string of the molecule is O=C1CC[C@H](N2C(=O)c3ccc(N4CCN(C5CCN(c6ccc(Nc7ncnc8c7ncn8C7CC(NC(=O)Cc8ccccc8)C7)cc6)CC5)CC4)cc3C2=O)C(=O)N1. The molecule has 1 atom stereocenters. The molecule has 0 bridgehead atoms. The Labute approximate surface area is 352 Å². The molecule has 5 aromatic rings. The Balaban J connectivity index is 0.692.